The number of nitrogens with one attached hydrogen (secondary N) is 1. The monoisotopic (exact) mass is 325 g/mol. The zero-order valence-corrected chi connectivity index (χ0v) is 14.7. The van der Waals surface area contributed by atoms with Gasteiger partial charge in [-0.3, -0.25) is 0 Å². The topological polar surface area (TPSA) is 89.8 Å². The average molecular weight is 325 g/mol. The lowest BCUT2D eigenvalue weighted by atomic mass is 10.1. The Bertz CT molecular complexity index is 732. The molecule has 0 aliphatic heterocycles. The minimum atomic E-state index is 0.523. The number of nitrogens with two attached hydrogens (primary N) is 2. The maximum absolute atomic E-state index is 5.88. The van der Waals surface area contributed by atoms with E-state index in [9.17, 15) is 0 Å². The summed E-state index contributed by atoms with van der Waals surface area (Å²) in [5.41, 5.74) is 14.6. The molecular weight excluding hydrogens is 298 g/mol. The molecule has 0 radical (unpaired) electrons. The first kappa shape index (κ1) is 19.2. The third-order valence-corrected chi connectivity index (χ3v) is 3.20. The van der Waals surface area contributed by atoms with Gasteiger partial charge in [-0.15, -0.1) is 0 Å². The Morgan fingerprint density at radius 2 is 1.92 bits per heavy atom. The smallest absolute Gasteiger partial charge is 0.137 e. The summed E-state index contributed by atoms with van der Waals surface area (Å²) in [4.78, 5) is 8.52. The molecule has 0 aliphatic rings. The molecule has 0 saturated carbocycles. The lowest BCUT2D eigenvalue weighted by Gasteiger charge is -2.10. The number of rotatable bonds is 6. The first-order valence-corrected chi connectivity index (χ1v) is 8.17. The van der Waals surface area contributed by atoms with E-state index in [1.165, 1.54) is 6.33 Å². The van der Waals surface area contributed by atoms with Crippen LogP contribution in [0, 0.1) is 0 Å². The van der Waals surface area contributed by atoms with Crippen molar-refractivity contribution >= 4 is 28.1 Å². The van der Waals surface area contributed by atoms with Crippen LogP contribution in [-0.4, -0.2) is 16.5 Å². The third-order valence-electron chi connectivity index (χ3n) is 3.20. The van der Waals surface area contributed by atoms with Gasteiger partial charge in [-0.05, 0) is 24.1 Å². The maximum Gasteiger partial charge on any atom is 0.137 e. The number of benzene rings is 1. The van der Waals surface area contributed by atoms with E-state index >= 15 is 0 Å². The van der Waals surface area contributed by atoms with Gasteiger partial charge < -0.3 is 16.8 Å². The van der Waals surface area contributed by atoms with Crippen molar-refractivity contribution in [3.63, 3.8) is 0 Å². The van der Waals surface area contributed by atoms with Gasteiger partial charge in [-0.1, -0.05) is 51.7 Å². The Kier molecular flexibility index (Phi) is 8.05. The van der Waals surface area contributed by atoms with Gasteiger partial charge in [0.15, 0.2) is 0 Å². The van der Waals surface area contributed by atoms with Crippen molar-refractivity contribution in [2.24, 2.45) is 0 Å². The Hall–Kier alpha value is -2.82. The fourth-order valence-electron chi connectivity index (χ4n) is 2.06. The predicted molar refractivity (Wildman–Crippen MR) is 106 cm³/mol. The zero-order chi connectivity index (χ0) is 17.9. The summed E-state index contributed by atoms with van der Waals surface area (Å²) in [7, 11) is 0. The molecular formula is C19H27N5. The van der Waals surface area contributed by atoms with Crippen LogP contribution in [0.15, 0.2) is 54.9 Å². The largest absolute Gasteiger partial charge is 0.397 e. The summed E-state index contributed by atoms with van der Waals surface area (Å²) in [5, 5.41) is 4.17. The van der Waals surface area contributed by atoms with E-state index in [4.69, 9.17) is 11.5 Å². The molecule has 128 valence electrons. The van der Waals surface area contributed by atoms with Crippen LogP contribution in [0.1, 0.15) is 27.2 Å². The SMILES string of the molecule is C=C/C=C(\C=C/CC)CNc1ncnc2cc(N)c(N)cc12.CC. The summed E-state index contributed by atoms with van der Waals surface area (Å²) in [5.74, 6) is 0.733. The highest BCUT2D eigenvalue weighted by molar-refractivity contribution is 5.95. The summed E-state index contributed by atoms with van der Waals surface area (Å²) >= 11 is 0. The Labute approximate surface area is 144 Å². The van der Waals surface area contributed by atoms with E-state index in [1.54, 1.807) is 18.2 Å². The van der Waals surface area contributed by atoms with Crippen LogP contribution in [0.4, 0.5) is 17.2 Å². The highest BCUT2D eigenvalue weighted by atomic mass is 15.0. The first-order chi connectivity index (χ1) is 11.7. The van der Waals surface area contributed by atoms with Crippen LogP contribution >= 0.6 is 0 Å². The van der Waals surface area contributed by atoms with Gasteiger partial charge in [0.05, 0.1) is 16.9 Å². The molecule has 5 heteroatoms. The average Bonchev–Trinajstić information content (AvgIpc) is 2.60. The minimum Gasteiger partial charge on any atom is -0.397 e. The van der Waals surface area contributed by atoms with Crippen molar-refractivity contribution in [1.29, 1.82) is 0 Å². The van der Waals surface area contributed by atoms with Crippen LogP contribution in [0.3, 0.4) is 0 Å². The van der Waals surface area contributed by atoms with E-state index in [2.05, 4.69) is 40.9 Å². The van der Waals surface area contributed by atoms with Gasteiger partial charge in [0.25, 0.3) is 0 Å². The van der Waals surface area contributed by atoms with Crippen molar-refractivity contribution in [1.82, 2.24) is 9.97 Å². The van der Waals surface area contributed by atoms with Crippen LogP contribution < -0.4 is 16.8 Å². The molecule has 0 aliphatic carbocycles. The molecule has 0 bridgehead atoms. The first-order valence-electron chi connectivity index (χ1n) is 8.17. The fourth-order valence-corrected chi connectivity index (χ4v) is 2.06. The summed E-state index contributed by atoms with van der Waals surface area (Å²) in [6.07, 6.45) is 10.4. The van der Waals surface area contributed by atoms with Crippen molar-refractivity contribution < 1.29 is 0 Å². The molecule has 1 aromatic heterocycles. The number of fused-ring (bicyclic) bond motifs is 1. The van der Waals surface area contributed by atoms with Crippen molar-refractivity contribution in [3.05, 3.63) is 54.9 Å². The van der Waals surface area contributed by atoms with Gasteiger partial charge in [-0.25, -0.2) is 9.97 Å². The molecule has 1 heterocycles. The maximum atomic E-state index is 5.88. The molecule has 5 nitrogen and oxygen atoms in total. The molecule has 1 aromatic carbocycles. The number of nitrogen functional groups attached to an aromatic ring is 2. The lowest BCUT2D eigenvalue weighted by molar-refractivity contribution is 1.15. The molecule has 2 rings (SSSR count). The lowest BCUT2D eigenvalue weighted by Crippen LogP contribution is -2.06. The Balaban J connectivity index is 0.00000139. The highest BCUT2D eigenvalue weighted by Gasteiger charge is 2.06. The van der Waals surface area contributed by atoms with Crippen LogP contribution in [0.25, 0.3) is 10.9 Å². The second-order valence-electron chi connectivity index (χ2n) is 4.86. The molecule has 0 saturated heterocycles. The van der Waals surface area contributed by atoms with Gasteiger partial charge >= 0.3 is 0 Å². The fraction of sp³-hybridized carbons (Fsp3) is 0.263. The van der Waals surface area contributed by atoms with E-state index in [0.29, 0.717) is 17.9 Å². The molecule has 24 heavy (non-hydrogen) atoms. The number of aromatic nitrogens is 2. The molecule has 2 aromatic rings. The third kappa shape index (κ3) is 5.12. The number of hydrogen-bond acceptors (Lipinski definition) is 5. The van der Waals surface area contributed by atoms with Crippen molar-refractivity contribution in [2.75, 3.05) is 23.3 Å². The number of nitrogens with zero attached hydrogens (tertiary/aromatic N) is 2. The molecule has 0 atom stereocenters. The number of anilines is 3. The van der Waals surface area contributed by atoms with E-state index in [1.807, 2.05) is 19.9 Å². The van der Waals surface area contributed by atoms with Crippen molar-refractivity contribution in [3.8, 4) is 0 Å². The van der Waals surface area contributed by atoms with Gasteiger partial charge in [0, 0.05) is 11.9 Å². The van der Waals surface area contributed by atoms with Crippen LogP contribution in [0.2, 0.25) is 0 Å². The van der Waals surface area contributed by atoms with Crippen LogP contribution in [0.5, 0.6) is 0 Å². The molecule has 0 fully saturated rings. The molecule has 5 N–H and O–H groups in total. The number of hydrogen-bond donors (Lipinski definition) is 3. The van der Waals surface area contributed by atoms with E-state index < -0.39 is 0 Å². The van der Waals surface area contributed by atoms with E-state index in [-0.39, 0.29) is 0 Å². The second-order valence-corrected chi connectivity index (χ2v) is 4.86. The molecule has 0 unspecified atom stereocenters. The van der Waals surface area contributed by atoms with E-state index in [0.717, 1.165) is 28.7 Å². The highest BCUT2D eigenvalue weighted by Crippen LogP contribution is 2.26. The Morgan fingerprint density at radius 1 is 1.21 bits per heavy atom. The molecule has 0 amide bonds. The summed E-state index contributed by atoms with van der Waals surface area (Å²) in [6, 6.07) is 3.56. The molecule has 0 spiro atoms. The van der Waals surface area contributed by atoms with Gasteiger partial charge in [0.2, 0.25) is 0 Å². The summed E-state index contributed by atoms with van der Waals surface area (Å²) in [6.45, 7) is 10.5. The number of allylic oxidation sites excluding steroid dienone is 3. The second kappa shape index (κ2) is 10.0. The zero-order valence-electron chi connectivity index (χ0n) is 14.7. The van der Waals surface area contributed by atoms with Gasteiger partial charge in [-0.2, -0.15) is 0 Å². The quantitative estimate of drug-likeness (QED) is 0.544. The van der Waals surface area contributed by atoms with Gasteiger partial charge in [0.1, 0.15) is 12.1 Å². The Morgan fingerprint density at radius 3 is 2.58 bits per heavy atom. The standard InChI is InChI=1S/C17H21N5.C2H6/c1-3-5-7-12(6-4-2)10-20-17-13-8-14(18)15(19)9-16(13)21-11-22-17;1-2/h4-9,11H,2-3,10,18-19H2,1H3,(H,20,21,22);1-2H3/b7-5-,12-6+;. The van der Waals surface area contributed by atoms with Crippen LogP contribution in [-0.2, 0) is 0 Å². The minimum absolute atomic E-state index is 0.523. The van der Waals surface area contributed by atoms with Crippen molar-refractivity contribution in [2.45, 2.75) is 27.2 Å². The summed E-state index contributed by atoms with van der Waals surface area (Å²) < 4.78 is 0. The normalized spacial score (nSPS) is 11.2. The predicted octanol–water partition coefficient (Wildman–Crippen LogP) is 4.31.